The fraction of sp³-hybridized carbons (Fsp3) is 0.500. The standard InChI is InChI=1S/C8H12N3.ClH/c1-2-3-4-10-5-6-11(7-9)8-10;/h5-6,8H,2-4H2,1H3;1H/q+1;/p-1. The molecule has 0 aliphatic rings. The number of rotatable bonds is 3. The largest absolute Gasteiger partial charge is 1.00 e. The number of unbranched alkanes of at least 4 members (excludes halogenated alkanes) is 1. The molecule has 0 N–H and O–H groups in total. The Labute approximate surface area is 78.7 Å². The van der Waals surface area contributed by atoms with E-state index in [2.05, 4.69) is 6.92 Å². The smallest absolute Gasteiger partial charge is 0.296 e. The topological polar surface area (TPSA) is 32.6 Å². The van der Waals surface area contributed by atoms with Gasteiger partial charge in [0.15, 0.2) is 0 Å². The second-order valence-electron chi connectivity index (χ2n) is 2.51. The highest BCUT2D eigenvalue weighted by atomic mass is 35.5. The van der Waals surface area contributed by atoms with Crippen LogP contribution in [0, 0.1) is 11.5 Å². The highest BCUT2D eigenvalue weighted by molar-refractivity contribution is 4.81. The minimum absolute atomic E-state index is 0. The van der Waals surface area contributed by atoms with E-state index in [0.29, 0.717) is 0 Å². The second kappa shape index (κ2) is 5.62. The molecule has 0 aromatic carbocycles. The summed E-state index contributed by atoms with van der Waals surface area (Å²) in [6.07, 6.45) is 9.85. The molecular formula is C8H12ClN3. The third-order valence-electron chi connectivity index (χ3n) is 1.58. The van der Waals surface area contributed by atoms with Crippen LogP contribution in [0.1, 0.15) is 19.8 Å². The molecule has 0 aliphatic heterocycles. The third-order valence-corrected chi connectivity index (χ3v) is 1.58. The van der Waals surface area contributed by atoms with Gasteiger partial charge in [-0.15, -0.1) is 9.83 Å². The highest BCUT2D eigenvalue weighted by Gasteiger charge is 1.99. The average molecular weight is 186 g/mol. The van der Waals surface area contributed by atoms with Crippen LogP contribution in [0.2, 0.25) is 0 Å². The molecule has 0 amide bonds. The number of nitrogens with zero attached hydrogens (tertiary/aromatic N) is 3. The first kappa shape index (κ1) is 11.0. The maximum atomic E-state index is 8.48. The molecule has 0 saturated carbocycles. The zero-order chi connectivity index (χ0) is 8.10. The van der Waals surface area contributed by atoms with Gasteiger partial charge in [0, 0.05) is 0 Å². The van der Waals surface area contributed by atoms with E-state index in [1.165, 1.54) is 17.4 Å². The molecular weight excluding hydrogens is 174 g/mol. The van der Waals surface area contributed by atoms with Crippen molar-refractivity contribution in [3.63, 3.8) is 0 Å². The number of nitriles is 1. The maximum absolute atomic E-state index is 8.48. The summed E-state index contributed by atoms with van der Waals surface area (Å²) in [5.74, 6) is 0. The van der Waals surface area contributed by atoms with Crippen LogP contribution < -0.4 is 17.0 Å². The highest BCUT2D eigenvalue weighted by Crippen LogP contribution is 1.86. The van der Waals surface area contributed by atoms with Crippen molar-refractivity contribution in [1.82, 2.24) is 4.57 Å². The van der Waals surface area contributed by atoms with Gasteiger partial charge >= 0.3 is 0 Å². The van der Waals surface area contributed by atoms with Gasteiger partial charge < -0.3 is 12.4 Å². The molecule has 0 bridgehead atoms. The summed E-state index contributed by atoms with van der Waals surface area (Å²) in [6, 6.07) is 0. The van der Waals surface area contributed by atoms with E-state index in [9.17, 15) is 0 Å². The average Bonchev–Trinajstić information content (AvgIpc) is 2.48. The summed E-state index contributed by atoms with van der Waals surface area (Å²) in [5, 5.41) is 8.48. The minimum Gasteiger partial charge on any atom is -1.00 e. The zero-order valence-corrected chi connectivity index (χ0v) is 7.83. The fourth-order valence-electron chi connectivity index (χ4n) is 0.926. The van der Waals surface area contributed by atoms with E-state index in [1.54, 1.807) is 12.5 Å². The molecule has 0 saturated heterocycles. The predicted octanol–water partition coefficient (Wildman–Crippen LogP) is -2.09. The zero-order valence-electron chi connectivity index (χ0n) is 7.07. The fourth-order valence-corrected chi connectivity index (χ4v) is 0.926. The van der Waals surface area contributed by atoms with E-state index < -0.39 is 0 Å². The van der Waals surface area contributed by atoms with Crippen LogP contribution in [-0.4, -0.2) is 4.57 Å². The first-order valence-corrected chi connectivity index (χ1v) is 3.84. The number of imidazole rings is 1. The number of aromatic nitrogens is 2. The second-order valence-corrected chi connectivity index (χ2v) is 2.51. The van der Waals surface area contributed by atoms with Crippen LogP contribution in [-0.2, 0) is 6.54 Å². The minimum atomic E-state index is 0. The van der Waals surface area contributed by atoms with Gasteiger partial charge in [0.2, 0.25) is 0 Å². The van der Waals surface area contributed by atoms with Gasteiger partial charge in [-0.25, -0.2) is 4.57 Å². The molecule has 1 aromatic heterocycles. The Morgan fingerprint density at radius 3 is 2.83 bits per heavy atom. The van der Waals surface area contributed by atoms with Gasteiger partial charge in [-0.1, -0.05) is 13.3 Å². The molecule has 0 radical (unpaired) electrons. The van der Waals surface area contributed by atoms with E-state index in [-0.39, 0.29) is 12.4 Å². The van der Waals surface area contributed by atoms with Crippen LogP contribution >= 0.6 is 0 Å². The van der Waals surface area contributed by atoms with Crippen molar-refractivity contribution in [2.75, 3.05) is 0 Å². The summed E-state index contributed by atoms with van der Waals surface area (Å²) in [6.45, 7) is 3.16. The monoisotopic (exact) mass is 185 g/mol. The number of hydrogen-bond acceptors (Lipinski definition) is 1. The van der Waals surface area contributed by atoms with Gasteiger partial charge in [0.25, 0.3) is 12.5 Å². The Morgan fingerprint density at radius 2 is 2.33 bits per heavy atom. The predicted molar refractivity (Wildman–Crippen MR) is 40.5 cm³/mol. The molecule has 0 aliphatic carbocycles. The van der Waals surface area contributed by atoms with Crippen LogP contribution in [0.4, 0.5) is 0 Å². The first-order valence-electron chi connectivity index (χ1n) is 3.84. The van der Waals surface area contributed by atoms with Gasteiger partial charge in [-0.2, -0.15) is 0 Å². The Hall–Kier alpha value is -1.01. The van der Waals surface area contributed by atoms with Crippen LogP contribution in [0.15, 0.2) is 18.7 Å². The lowest BCUT2D eigenvalue weighted by molar-refractivity contribution is -0.696. The normalized spacial score (nSPS) is 8.67. The van der Waals surface area contributed by atoms with Gasteiger partial charge in [0.05, 0.1) is 6.54 Å². The molecule has 0 spiro atoms. The Bertz CT molecular complexity index is 262. The van der Waals surface area contributed by atoms with Crippen LogP contribution in [0.5, 0.6) is 0 Å². The van der Waals surface area contributed by atoms with Gasteiger partial charge in [0.1, 0.15) is 12.4 Å². The van der Waals surface area contributed by atoms with Gasteiger partial charge in [-0.05, 0) is 6.42 Å². The summed E-state index contributed by atoms with van der Waals surface area (Å²) >= 11 is 0. The SMILES string of the molecule is CCCC[n+]1ccn(C#N)c1.[Cl-]. The maximum Gasteiger partial charge on any atom is 0.296 e. The molecule has 4 heteroatoms. The van der Waals surface area contributed by atoms with E-state index in [4.69, 9.17) is 5.26 Å². The third kappa shape index (κ3) is 2.93. The molecule has 0 fully saturated rings. The van der Waals surface area contributed by atoms with E-state index in [1.807, 2.05) is 17.0 Å². The number of hydrogen-bond donors (Lipinski definition) is 0. The van der Waals surface area contributed by atoms with E-state index >= 15 is 0 Å². The number of aryl methyl sites for hydroxylation is 1. The molecule has 3 nitrogen and oxygen atoms in total. The summed E-state index contributed by atoms with van der Waals surface area (Å²) in [5.41, 5.74) is 0. The van der Waals surface area contributed by atoms with Crippen molar-refractivity contribution in [1.29, 1.82) is 5.26 Å². The van der Waals surface area contributed by atoms with Crippen molar-refractivity contribution in [3.05, 3.63) is 18.7 Å². The lowest BCUT2D eigenvalue weighted by Crippen LogP contribution is -3.00. The lowest BCUT2D eigenvalue weighted by Gasteiger charge is -1.90. The van der Waals surface area contributed by atoms with Crippen molar-refractivity contribution >= 4 is 0 Å². The van der Waals surface area contributed by atoms with Crippen molar-refractivity contribution in [3.8, 4) is 6.19 Å². The number of halogens is 1. The van der Waals surface area contributed by atoms with Crippen molar-refractivity contribution in [2.24, 2.45) is 0 Å². The Morgan fingerprint density at radius 1 is 1.58 bits per heavy atom. The van der Waals surface area contributed by atoms with Crippen LogP contribution in [0.25, 0.3) is 0 Å². The Balaban J connectivity index is 0.00000121. The summed E-state index contributed by atoms with van der Waals surface area (Å²) < 4.78 is 3.52. The summed E-state index contributed by atoms with van der Waals surface area (Å²) in [7, 11) is 0. The van der Waals surface area contributed by atoms with Crippen LogP contribution in [0.3, 0.4) is 0 Å². The van der Waals surface area contributed by atoms with Crippen molar-refractivity contribution in [2.45, 2.75) is 26.3 Å². The van der Waals surface area contributed by atoms with Gasteiger partial charge in [-0.3, -0.25) is 0 Å². The molecule has 1 rings (SSSR count). The van der Waals surface area contributed by atoms with Crippen molar-refractivity contribution < 1.29 is 17.0 Å². The quantitative estimate of drug-likeness (QED) is 0.497. The molecule has 66 valence electrons. The summed E-state index contributed by atoms with van der Waals surface area (Å²) in [4.78, 5) is 0. The molecule has 0 atom stereocenters. The first-order chi connectivity index (χ1) is 5.36. The lowest BCUT2D eigenvalue weighted by atomic mass is 10.3. The molecule has 1 aromatic rings. The van der Waals surface area contributed by atoms with E-state index in [0.717, 1.165) is 6.54 Å². The molecule has 0 unspecified atom stereocenters. The molecule has 1 heterocycles. The molecule has 12 heavy (non-hydrogen) atoms. The Kier molecular flexibility index (Phi) is 5.14.